The van der Waals surface area contributed by atoms with E-state index in [9.17, 15) is 9.59 Å². The lowest BCUT2D eigenvalue weighted by Gasteiger charge is -2.10. The second-order valence-electron chi connectivity index (χ2n) is 4.66. The molecule has 0 heterocycles. The topological polar surface area (TPSA) is 84.2 Å². The van der Waals surface area contributed by atoms with Crippen molar-refractivity contribution in [2.45, 2.75) is 6.92 Å². The van der Waals surface area contributed by atoms with Gasteiger partial charge in [0.2, 0.25) is 0 Å². The molecule has 0 radical (unpaired) electrons. The molecule has 0 aliphatic rings. The van der Waals surface area contributed by atoms with E-state index in [0.717, 1.165) is 5.56 Å². The predicted octanol–water partition coefficient (Wildman–Crippen LogP) is 3.46. The molecule has 2 amide bonds. The lowest BCUT2D eigenvalue weighted by Crippen LogP contribution is -2.29. The van der Waals surface area contributed by atoms with Crippen LogP contribution in [0.1, 0.15) is 5.56 Å². The van der Waals surface area contributed by atoms with Crippen molar-refractivity contribution >= 4 is 52.1 Å². The second kappa shape index (κ2) is 6.68. The number of nitrogen functional groups attached to an aromatic ring is 1. The van der Waals surface area contributed by atoms with Crippen LogP contribution in [0.15, 0.2) is 36.4 Å². The van der Waals surface area contributed by atoms with E-state index in [2.05, 4.69) is 10.6 Å². The van der Waals surface area contributed by atoms with E-state index in [1.165, 1.54) is 18.2 Å². The van der Waals surface area contributed by atoms with Gasteiger partial charge < -0.3 is 16.4 Å². The molecule has 0 aliphatic heterocycles. The Morgan fingerprint density at radius 3 is 2.18 bits per heavy atom. The van der Waals surface area contributed by atoms with E-state index in [-0.39, 0.29) is 0 Å². The highest BCUT2D eigenvalue weighted by atomic mass is 35.5. The van der Waals surface area contributed by atoms with Crippen LogP contribution in [0.3, 0.4) is 0 Å². The van der Waals surface area contributed by atoms with Crippen molar-refractivity contribution in [2.24, 2.45) is 0 Å². The molecular weight excluding hydrogens is 325 g/mol. The SMILES string of the molecule is Cc1ccc(N)c(NC(=O)C(=O)Nc2cc(Cl)cc(Cl)c2)c1. The molecule has 0 bridgehead atoms. The fourth-order valence-corrected chi connectivity index (χ4v) is 2.30. The molecular formula is C15H13Cl2N3O2. The molecule has 114 valence electrons. The summed E-state index contributed by atoms with van der Waals surface area (Å²) in [7, 11) is 0. The molecule has 0 saturated heterocycles. The zero-order chi connectivity index (χ0) is 16.3. The molecule has 0 saturated carbocycles. The van der Waals surface area contributed by atoms with Gasteiger partial charge in [0, 0.05) is 15.7 Å². The van der Waals surface area contributed by atoms with Gasteiger partial charge in [-0.05, 0) is 42.8 Å². The van der Waals surface area contributed by atoms with Crippen LogP contribution in [0.4, 0.5) is 17.1 Å². The molecule has 2 rings (SSSR count). The zero-order valence-electron chi connectivity index (χ0n) is 11.6. The van der Waals surface area contributed by atoms with Crippen molar-refractivity contribution in [3.8, 4) is 0 Å². The standard InChI is InChI=1S/C15H13Cl2N3O2/c1-8-2-3-12(18)13(4-8)20-15(22)14(21)19-11-6-9(16)5-10(17)7-11/h2-7H,18H2,1H3,(H,19,21)(H,20,22). The third kappa shape index (κ3) is 4.13. The fraction of sp³-hybridized carbons (Fsp3) is 0.0667. The first kappa shape index (κ1) is 16.1. The number of anilines is 3. The van der Waals surface area contributed by atoms with Crippen LogP contribution in [0.2, 0.25) is 10.0 Å². The van der Waals surface area contributed by atoms with Crippen LogP contribution in [-0.4, -0.2) is 11.8 Å². The number of aryl methyl sites for hydroxylation is 1. The maximum atomic E-state index is 11.9. The molecule has 0 aromatic heterocycles. The van der Waals surface area contributed by atoms with E-state index < -0.39 is 11.8 Å². The number of carbonyl (C=O) groups is 2. The van der Waals surface area contributed by atoms with Gasteiger partial charge in [-0.15, -0.1) is 0 Å². The van der Waals surface area contributed by atoms with Crippen LogP contribution < -0.4 is 16.4 Å². The number of carbonyl (C=O) groups excluding carboxylic acids is 2. The van der Waals surface area contributed by atoms with Crippen molar-refractivity contribution in [1.29, 1.82) is 0 Å². The molecule has 0 unspecified atom stereocenters. The van der Waals surface area contributed by atoms with Crippen molar-refractivity contribution < 1.29 is 9.59 Å². The number of benzene rings is 2. The smallest absolute Gasteiger partial charge is 0.314 e. The number of nitrogens with two attached hydrogens (primary N) is 1. The summed E-state index contributed by atoms with van der Waals surface area (Å²) in [5.74, 6) is -1.69. The highest BCUT2D eigenvalue weighted by molar-refractivity contribution is 6.44. The van der Waals surface area contributed by atoms with Crippen LogP contribution >= 0.6 is 23.2 Å². The van der Waals surface area contributed by atoms with Crippen LogP contribution in [0.5, 0.6) is 0 Å². The van der Waals surface area contributed by atoms with E-state index in [0.29, 0.717) is 27.1 Å². The summed E-state index contributed by atoms with van der Waals surface area (Å²) in [5, 5.41) is 5.58. The molecule has 0 fully saturated rings. The summed E-state index contributed by atoms with van der Waals surface area (Å²) < 4.78 is 0. The minimum atomic E-state index is -0.848. The summed E-state index contributed by atoms with van der Waals surface area (Å²) in [6, 6.07) is 9.63. The Bertz CT molecular complexity index is 727. The number of halogens is 2. The molecule has 0 aliphatic carbocycles. The van der Waals surface area contributed by atoms with Gasteiger partial charge >= 0.3 is 11.8 Å². The van der Waals surface area contributed by atoms with Gasteiger partial charge in [0.05, 0.1) is 11.4 Å². The Hall–Kier alpha value is -2.24. The Labute approximate surface area is 137 Å². The van der Waals surface area contributed by atoms with Gasteiger partial charge in [-0.2, -0.15) is 0 Å². The molecule has 22 heavy (non-hydrogen) atoms. The number of hydrogen-bond donors (Lipinski definition) is 3. The second-order valence-corrected chi connectivity index (χ2v) is 5.53. The van der Waals surface area contributed by atoms with Gasteiger partial charge in [-0.25, -0.2) is 0 Å². The summed E-state index contributed by atoms with van der Waals surface area (Å²) in [6.45, 7) is 1.85. The number of hydrogen-bond acceptors (Lipinski definition) is 3. The maximum absolute atomic E-state index is 11.9. The van der Waals surface area contributed by atoms with Gasteiger partial charge in [-0.3, -0.25) is 9.59 Å². The Morgan fingerprint density at radius 1 is 0.955 bits per heavy atom. The van der Waals surface area contributed by atoms with Crippen LogP contribution in [0.25, 0.3) is 0 Å². The maximum Gasteiger partial charge on any atom is 0.314 e. The zero-order valence-corrected chi connectivity index (χ0v) is 13.1. The van der Waals surface area contributed by atoms with E-state index in [1.807, 2.05) is 6.92 Å². The molecule has 0 spiro atoms. The molecule has 5 nitrogen and oxygen atoms in total. The first-order valence-corrected chi connectivity index (χ1v) is 7.05. The number of rotatable bonds is 2. The van der Waals surface area contributed by atoms with E-state index >= 15 is 0 Å². The molecule has 0 atom stereocenters. The summed E-state index contributed by atoms with van der Waals surface area (Å²) in [4.78, 5) is 23.8. The molecule has 4 N–H and O–H groups in total. The summed E-state index contributed by atoms with van der Waals surface area (Å²) in [6.07, 6.45) is 0. The normalized spacial score (nSPS) is 10.1. The largest absolute Gasteiger partial charge is 0.397 e. The Kier molecular flexibility index (Phi) is 4.90. The van der Waals surface area contributed by atoms with E-state index in [1.54, 1.807) is 18.2 Å². The first-order valence-electron chi connectivity index (χ1n) is 6.29. The number of amides is 2. The predicted molar refractivity (Wildman–Crippen MR) is 89.3 cm³/mol. The summed E-state index contributed by atoms with van der Waals surface area (Å²) in [5.41, 5.74) is 7.74. The molecule has 7 heteroatoms. The third-order valence-corrected chi connectivity index (χ3v) is 3.22. The average Bonchev–Trinajstić information content (AvgIpc) is 2.41. The van der Waals surface area contributed by atoms with Crippen LogP contribution in [-0.2, 0) is 9.59 Å². The van der Waals surface area contributed by atoms with E-state index in [4.69, 9.17) is 28.9 Å². The van der Waals surface area contributed by atoms with Crippen LogP contribution in [0, 0.1) is 6.92 Å². The fourth-order valence-electron chi connectivity index (χ4n) is 1.77. The van der Waals surface area contributed by atoms with Crippen molar-refractivity contribution in [1.82, 2.24) is 0 Å². The Balaban J connectivity index is 2.09. The quantitative estimate of drug-likeness (QED) is 0.579. The van der Waals surface area contributed by atoms with Crippen molar-refractivity contribution in [2.75, 3.05) is 16.4 Å². The third-order valence-electron chi connectivity index (χ3n) is 2.78. The van der Waals surface area contributed by atoms with Gasteiger partial charge in [0.1, 0.15) is 0 Å². The first-order chi connectivity index (χ1) is 10.3. The highest BCUT2D eigenvalue weighted by Crippen LogP contribution is 2.23. The number of nitrogens with one attached hydrogen (secondary N) is 2. The van der Waals surface area contributed by atoms with Gasteiger partial charge in [-0.1, -0.05) is 29.3 Å². The van der Waals surface area contributed by atoms with Crippen molar-refractivity contribution in [3.63, 3.8) is 0 Å². The minimum absolute atomic E-state index is 0.329. The molecule has 2 aromatic rings. The molecule has 2 aromatic carbocycles. The summed E-state index contributed by atoms with van der Waals surface area (Å²) >= 11 is 11.7. The van der Waals surface area contributed by atoms with Crippen molar-refractivity contribution in [3.05, 3.63) is 52.0 Å². The lowest BCUT2D eigenvalue weighted by molar-refractivity contribution is -0.132. The minimum Gasteiger partial charge on any atom is -0.397 e. The Morgan fingerprint density at radius 2 is 1.55 bits per heavy atom. The average molecular weight is 338 g/mol. The van der Waals surface area contributed by atoms with Gasteiger partial charge in [0.25, 0.3) is 0 Å². The lowest BCUT2D eigenvalue weighted by atomic mass is 10.2. The van der Waals surface area contributed by atoms with Gasteiger partial charge in [0.15, 0.2) is 0 Å². The monoisotopic (exact) mass is 337 g/mol. The highest BCUT2D eigenvalue weighted by Gasteiger charge is 2.15.